The van der Waals surface area contributed by atoms with Gasteiger partial charge in [-0.15, -0.1) is 5.10 Å². The fraction of sp³-hybridized carbons (Fsp3) is 0.692. The molecule has 0 amide bonds. The van der Waals surface area contributed by atoms with Crippen LogP contribution >= 0.6 is 0 Å². The summed E-state index contributed by atoms with van der Waals surface area (Å²) < 4.78 is 10.2. The molecule has 1 aromatic rings. The van der Waals surface area contributed by atoms with Crippen molar-refractivity contribution in [1.29, 1.82) is 0 Å². The van der Waals surface area contributed by atoms with Gasteiger partial charge in [-0.05, 0) is 18.7 Å². The van der Waals surface area contributed by atoms with Crippen LogP contribution in [-0.2, 0) is 16.0 Å². The molecular formula is C13H24N4O2. The summed E-state index contributed by atoms with van der Waals surface area (Å²) >= 11 is 0. The van der Waals surface area contributed by atoms with Gasteiger partial charge >= 0.3 is 0 Å². The molecule has 0 bridgehead atoms. The normalized spacial score (nSPS) is 10.7. The van der Waals surface area contributed by atoms with Gasteiger partial charge in [0.15, 0.2) is 5.82 Å². The van der Waals surface area contributed by atoms with E-state index in [4.69, 9.17) is 9.47 Å². The highest BCUT2D eigenvalue weighted by atomic mass is 16.5. The van der Waals surface area contributed by atoms with Crippen LogP contribution in [0.15, 0.2) is 12.1 Å². The molecule has 0 aliphatic heterocycles. The third-order valence-electron chi connectivity index (χ3n) is 2.72. The molecule has 0 unspecified atom stereocenters. The Kier molecular flexibility index (Phi) is 8.04. The van der Waals surface area contributed by atoms with Crippen LogP contribution in [0.5, 0.6) is 0 Å². The van der Waals surface area contributed by atoms with Gasteiger partial charge in [0.05, 0.1) is 18.9 Å². The third kappa shape index (κ3) is 5.96. The first kappa shape index (κ1) is 15.8. The quantitative estimate of drug-likeness (QED) is 0.673. The molecule has 19 heavy (non-hydrogen) atoms. The average Bonchev–Trinajstić information content (AvgIpc) is 2.46. The van der Waals surface area contributed by atoms with Crippen LogP contribution < -0.4 is 10.2 Å². The molecule has 0 fully saturated rings. The van der Waals surface area contributed by atoms with Crippen molar-refractivity contribution in [3.05, 3.63) is 17.8 Å². The summed E-state index contributed by atoms with van der Waals surface area (Å²) in [4.78, 5) is 2.11. The van der Waals surface area contributed by atoms with E-state index in [1.807, 2.05) is 12.1 Å². The van der Waals surface area contributed by atoms with Crippen molar-refractivity contribution in [3.63, 3.8) is 0 Å². The van der Waals surface area contributed by atoms with Crippen molar-refractivity contribution in [2.75, 3.05) is 52.0 Å². The van der Waals surface area contributed by atoms with E-state index in [-0.39, 0.29) is 0 Å². The van der Waals surface area contributed by atoms with E-state index in [1.165, 1.54) is 0 Å². The van der Waals surface area contributed by atoms with Crippen molar-refractivity contribution in [2.24, 2.45) is 0 Å². The Balaban J connectivity index is 2.61. The number of anilines is 1. The zero-order valence-electron chi connectivity index (χ0n) is 12.1. The second kappa shape index (κ2) is 9.66. The molecule has 0 saturated carbocycles. The van der Waals surface area contributed by atoms with Crippen molar-refractivity contribution < 1.29 is 9.47 Å². The third-order valence-corrected chi connectivity index (χ3v) is 2.72. The van der Waals surface area contributed by atoms with Crippen LogP contribution in [0.3, 0.4) is 0 Å². The highest BCUT2D eigenvalue weighted by Crippen LogP contribution is 2.09. The van der Waals surface area contributed by atoms with Crippen LogP contribution in [-0.4, -0.2) is 57.3 Å². The van der Waals surface area contributed by atoms with Crippen LogP contribution in [0.2, 0.25) is 0 Å². The van der Waals surface area contributed by atoms with Gasteiger partial charge in [-0.1, -0.05) is 6.92 Å². The molecule has 108 valence electrons. The molecule has 0 aliphatic rings. The Morgan fingerprint density at radius 2 is 1.79 bits per heavy atom. The fourth-order valence-electron chi connectivity index (χ4n) is 1.61. The molecule has 0 aliphatic carbocycles. The van der Waals surface area contributed by atoms with Crippen LogP contribution in [0.25, 0.3) is 0 Å². The monoisotopic (exact) mass is 268 g/mol. The number of methoxy groups -OCH3 is 2. The molecule has 0 radical (unpaired) electrons. The van der Waals surface area contributed by atoms with Crippen LogP contribution in [0.4, 0.5) is 5.82 Å². The molecule has 1 N–H and O–H groups in total. The Morgan fingerprint density at radius 1 is 1.11 bits per heavy atom. The number of hydrogen-bond donors (Lipinski definition) is 1. The van der Waals surface area contributed by atoms with Crippen LogP contribution in [0, 0.1) is 0 Å². The molecule has 1 rings (SSSR count). The van der Waals surface area contributed by atoms with E-state index in [0.717, 1.165) is 37.7 Å². The lowest BCUT2D eigenvalue weighted by molar-refractivity contribution is 0.190. The molecule has 1 heterocycles. The van der Waals surface area contributed by atoms with Crippen molar-refractivity contribution in [3.8, 4) is 0 Å². The minimum Gasteiger partial charge on any atom is -0.383 e. The molecule has 0 aromatic carbocycles. The van der Waals surface area contributed by atoms with Crippen molar-refractivity contribution in [1.82, 2.24) is 15.5 Å². The summed E-state index contributed by atoms with van der Waals surface area (Å²) in [6.45, 7) is 6.62. The Morgan fingerprint density at radius 3 is 2.26 bits per heavy atom. The first-order valence-electron chi connectivity index (χ1n) is 6.58. The number of hydrogen-bond acceptors (Lipinski definition) is 6. The predicted molar refractivity (Wildman–Crippen MR) is 75.4 cm³/mol. The number of ether oxygens (including phenoxy) is 2. The number of rotatable bonds is 10. The number of aromatic nitrogens is 2. The molecule has 0 saturated heterocycles. The van der Waals surface area contributed by atoms with Gasteiger partial charge in [-0.3, -0.25) is 0 Å². The van der Waals surface area contributed by atoms with E-state index in [2.05, 4.69) is 27.3 Å². The lowest BCUT2D eigenvalue weighted by Gasteiger charge is -2.22. The second-order valence-electron chi connectivity index (χ2n) is 4.14. The first-order chi connectivity index (χ1) is 9.31. The van der Waals surface area contributed by atoms with E-state index in [1.54, 1.807) is 14.2 Å². The average molecular weight is 268 g/mol. The van der Waals surface area contributed by atoms with Gasteiger partial charge in [-0.25, -0.2) is 0 Å². The molecule has 6 heteroatoms. The minimum atomic E-state index is 0.657. The maximum absolute atomic E-state index is 5.11. The molecule has 0 spiro atoms. The Bertz CT molecular complexity index is 324. The van der Waals surface area contributed by atoms with Gasteiger partial charge in [0.25, 0.3) is 0 Å². The molecular weight excluding hydrogens is 244 g/mol. The largest absolute Gasteiger partial charge is 0.383 e. The Hall–Kier alpha value is -1.24. The summed E-state index contributed by atoms with van der Waals surface area (Å²) in [5.41, 5.74) is 0.948. The van der Waals surface area contributed by atoms with E-state index in [9.17, 15) is 0 Å². The number of nitrogens with one attached hydrogen (secondary N) is 1. The SMILES string of the molecule is CCNCc1ccc(N(CCOC)CCOC)nn1. The van der Waals surface area contributed by atoms with Gasteiger partial charge in [-0.2, -0.15) is 5.10 Å². The highest BCUT2D eigenvalue weighted by Gasteiger charge is 2.08. The summed E-state index contributed by atoms with van der Waals surface area (Å²) in [7, 11) is 3.39. The standard InChI is InChI=1S/C13H24N4O2/c1-4-14-11-12-5-6-13(16-15-12)17(7-9-18-2)8-10-19-3/h5-6,14H,4,7-11H2,1-3H3. The number of nitrogens with zero attached hydrogens (tertiary/aromatic N) is 3. The molecule has 0 atom stereocenters. The van der Waals surface area contributed by atoms with E-state index in [0.29, 0.717) is 13.2 Å². The van der Waals surface area contributed by atoms with Crippen LogP contribution in [0.1, 0.15) is 12.6 Å². The second-order valence-corrected chi connectivity index (χ2v) is 4.14. The zero-order chi connectivity index (χ0) is 13.9. The fourth-order valence-corrected chi connectivity index (χ4v) is 1.61. The minimum absolute atomic E-state index is 0.657. The van der Waals surface area contributed by atoms with Gasteiger partial charge in [0, 0.05) is 33.9 Å². The smallest absolute Gasteiger partial charge is 0.151 e. The maximum atomic E-state index is 5.11. The lowest BCUT2D eigenvalue weighted by Crippen LogP contribution is -2.31. The van der Waals surface area contributed by atoms with Gasteiger partial charge < -0.3 is 19.7 Å². The maximum Gasteiger partial charge on any atom is 0.151 e. The van der Waals surface area contributed by atoms with Gasteiger partial charge in [0.2, 0.25) is 0 Å². The topological polar surface area (TPSA) is 59.5 Å². The summed E-state index contributed by atoms with van der Waals surface area (Å²) in [6.07, 6.45) is 0. The molecule has 1 aromatic heterocycles. The predicted octanol–water partition coefficient (Wildman–Crippen LogP) is 0.685. The van der Waals surface area contributed by atoms with Crippen molar-refractivity contribution in [2.45, 2.75) is 13.5 Å². The summed E-state index contributed by atoms with van der Waals surface area (Å²) in [6, 6.07) is 3.99. The van der Waals surface area contributed by atoms with E-state index < -0.39 is 0 Å². The highest BCUT2D eigenvalue weighted by molar-refractivity contribution is 5.37. The molecule has 6 nitrogen and oxygen atoms in total. The van der Waals surface area contributed by atoms with Crippen molar-refractivity contribution >= 4 is 5.82 Å². The van der Waals surface area contributed by atoms with E-state index >= 15 is 0 Å². The Labute approximate surface area is 115 Å². The summed E-state index contributed by atoms with van der Waals surface area (Å²) in [5.74, 6) is 0.856. The zero-order valence-corrected chi connectivity index (χ0v) is 12.1. The van der Waals surface area contributed by atoms with Gasteiger partial charge in [0.1, 0.15) is 0 Å². The summed E-state index contributed by atoms with van der Waals surface area (Å²) in [5, 5.41) is 11.7. The lowest BCUT2D eigenvalue weighted by atomic mass is 10.3. The first-order valence-corrected chi connectivity index (χ1v) is 6.58.